The van der Waals surface area contributed by atoms with Crippen LogP contribution in [0.5, 0.6) is 0 Å². The highest BCUT2D eigenvalue weighted by atomic mass is 32.2. The third kappa shape index (κ3) is 4.22. The van der Waals surface area contributed by atoms with Gasteiger partial charge >= 0.3 is 0 Å². The number of rotatable bonds is 4. The summed E-state index contributed by atoms with van der Waals surface area (Å²) in [6.45, 7) is 0. The Hall–Kier alpha value is -1.00. The molecular formula is C23H31O2S2+. The van der Waals surface area contributed by atoms with E-state index < -0.39 is 9.84 Å². The molecule has 4 rings (SSSR count). The summed E-state index contributed by atoms with van der Waals surface area (Å²) in [7, 11) is -3.04. The van der Waals surface area contributed by atoms with E-state index in [9.17, 15) is 8.42 Å². The van der Waals surface area contributed by atoms with Crippen molar-refractivity contribution in [3.63, 3.8) is 0 Å². The van der Waals surface area contributed by atoms with Crippen LogP contribution in [0.15, 0.2) is 40.1 Å². The number of sulfone groups is 1. The van der Waals surface area contributed by atoms with Crippen molar-refractivity contribution in [2.45, 2.75) is 67.6 Å². The monoisotopic (exact) mass is 403 g/mol. The fourth-order valence-electron chi connectivity index (χ4n) is 4.88. The maximum absolute atomic E-state index is 12.6. The Balaban J connectivity index is 1.84. The second-order valence-corrected chi connectivity index (χ2v) is 12.6. The lowest BCUT2D eigenvalue weighted by molar-refractivity contribution is 0.357. The van der Waals surface area contributed by atoms with Crippen molar-refractivity contribution in [2.75, 3.05) is 17.8 Å². The molecule has 0 aromatic heterocycles. The molecule has 0 amide bonds. The van der Waals surface area contributed by atoms with Crippen LogP contribution >= 0.6 is 0 Å². The Morgan fingerprint density at radius 1 is 0.926 bits per heavy atom. The van der Waals surface area contributed by atoms with E-state index in [0.29, 0.717) is 4.90 Å². The fraction of sp³-hybridized carbons (Fsp3) is 0.565. The van der Waals surface area contributed by atoms with Crippen LogP contribution in [0.3, 0.4) is 0 Å². The first kappa shape index (κ1) is 19.3. The van der Waals surface area contributed by atoms with Gasteiger partial charge in [0, 0.05) is 17.2 Å². The van der Waals surface area contributed by atoms with Crippen LogP contribution in [0.1, 0.15) is 56.9 Å². The zero-order valence-corrected chi connectivity index (χ0v) is 18.0. The van der Waals surface area contributed by atoms with E-state index in [1.807, 2.05) is 12.1 Å². The molecule has 1 saturated heterocycles. The molecule has 0 bridgehead atoms. The van der Waals surface area contributed by atoms with E-state index in [1.165, 1.54) is 85.0 Å². The van der Waals surface area contributed by atoms with Gasteiger partial charge in [-0.2, -0.15) is 0 Å². The van der Waals surface area contributed by atoms with Gasteiger partial charge in [0.15, 0.2) is 14.7 Å². The van der Waals surface area contributed by atoms with Crippen molar-refractivity contribution in [3.8, 4) is 0 Å². The third-order valence-electron chi connectivity index (χ3n) is 6.28. The lowest BCUT2D eigenvalue weighted by atomic mass is 9.84. The van der Waals surface area contributed by atoms with Crippen LogP contribution < -0.4 is 0 Å². The molecule has 2 nitrogen and oxygen atoms in total. The first-order chi connectivity index (χ1) is 13.0. The maximum Gasteiger partial charge on any atom is 0.176 e. The molecule has 1 aliphatic carbocycles. The molecule has 0 unspecified atom stereocenters. The molecule has 146 valence electrons. The van der Waals surface area contributed by atoms with E-state index in [1.54, 1.807) is 0 Å². The van der Waals surface area contributed by atoms with Gasteiger partial charge in [-0.3, -0.25) is 0 Å². The van der Waals surface area contributed by atoms with Gasteiger partial charge in [-0.1, -0.05) is 50.3 Å². The van der Waals surface area contributed by atoms with Crippen molar-refractivity contribution in [2.24, 2.45) is 5.92 Å². The summed E-state index contributed by atoms with van der Waals surface area (Å²) >= 11 is 0. The molecule has 0 radical (unpaired) electrons. The summed E-state index contributed by atoms with van der Waals surface area (Å²) in [6.07, 6.45) is 13.0. The van der Waals surface area contributed by atoms with E-state index >= 15 is 0 Å². The molecule has 27 heavy (non-hydrogen) atoms. The maximum atomic E-state index is 12.6. The quantitative estimate of drug-likeness (QED) is 0.629. The second kappa shape index (κ2) is 8.16. The molecule has 1 saturated carbocycles. The van der Waals surface area contributed by atoms with Gasteiger partial charge in [-0.05, 0) is 54.7 Å². The Morgan fingerprint density at radius 3 is 2.33 bits per heavy atom. The molecule has 0 spiro atoms. The standard InChI is InChI=1S/C23H31O2S2/c1-27(24,25)22-12-8-11-20-19(17-18-9-4-2-5-10-18)13-14-21(23(20)22)26-15-6-3-7-16-26/h8,11-14,18H,2-7,9-10,15-17H2,1H3/q+1. The zero-order valence-electron chi connectivity index (χ0n) is 16.4. The second-order valence-electron chi connectivity index (χ2n) is 8.34. The van der Waals surface area contributed by atoms with Gasteiger partial charge < -0.3 is 0 Å². The van der Waals surface area contributed by atoms with Crippen LogP contribution in [0.25, 0.3) is 10.8 Å². The topological polar surface area (TPSA) is 34.1 Å². The predicted octanol–water partition coefficient (Wildman–Crippen LogP) is 5.53. The Bertz CT molecular complexity index is 905. The van der Waals surface area contributed by atoms with Gasteiger partial charge in [0.25, 0.3) is 0 Å². The summed E-state index contributed by atoms with van der Waals surface area (Å²) in [5, 5.41) is 2.23. The SMILES string of the molecule is CS(=O)(=O)c1cccc2c(CC3CCCCC3)ccc([S+]3CCCCC3)c12. The Morgan fingerprint density at radius 2 is 1.63 bits per heavy atom. The van der Waals surface area contributed by atoms with E-state index in [0.717, 1.165) is 17.7 Å². The molecule has 1 aliphatic heterocycles. The Labute approximate surface area is 167 Å². The van der Waals surface area contributed by atoms with Crippen molar-refractivity contribution < 1.29 is 8.42 Å². The average molecular weight is 404 g/mol. The summed E-state index contributed by atoms with van der Waals surface area (Å²) in [5.74, 6) is 3.19. The molecule has 4 heteroatoms. The molecule has 1 heterocycles. The highest BCUT2D eigenvalue weighted by molar-refractivity contribution is 7.97. The third-order valence-corrected chi connectivity index (χ3v) is 9.94. The summed E-state index contributed by atoms with van der Waals surface area (Å²) in [5.41, 5.74) is 1.35. The molecule has 0 atom stereocenters. The van der Waals surface area contributed by atoms with Crippen LogP contribution in [0.4, 0.5) is 0 Å². The minimum Gasteiger partial charge on any atom is -0.224 e. The van der Waals surface area contributed by atoms with Gasteiger partial charge in [0.2, 0.25) is 0 Å². The van der Waals surface area contributed by atoms with Crippen molar-refractivity contribution in [1.82, 2.24) is 0 Å². The minimum absolute atomic E-state index is 0.193. The first-order valence-corrected chi connectivity index (χ1v) is 13.9. The minimum atomic E-state index is -3.24. The Kier molecular flexibility index (Phi) is 5.84. The van der Waals surface area contributed by atoms with Crippen LogP contribution in [0, 0.1) is 5.92 Å². The van der Waals surface area contributed by atoms with E-state index in [4.69, 9.17) is 0 Å². The normalized spacial score (nSPS) is 20.2. The average Bonchev–Trinajstić information content (AvgIpc) is 2.68. The molecule has 2 fully saturated rings. The largest absolute Gasteiger partial charge is 0.224 e. The number of fused-ring (bicyclic) bond motifs is 1. The molecule has 0 N–H and O–H groups in total. The molecule has 2 aliphatic rings. The van der Waals surface area contributed by atoms with Gasteiger partial charge in [0.1, 0.15) is 11.5 Å². The van der Waals surface area contributed by atoms with Crippen molar-refractivity contribution >= 4 is 31.5 Å². The summed E-state index contributed by atoms with van der Waals surface area (Å²) < 4.78 is 25.2. The van der Waals surface area contributed by atoms with Gasteiger partial charge in [0.05, 0.1) is 10.3 Å². The smallest absolute Gasteiger partial charge is 0.176 e. The predicted molar refractivity (Wildman–Crippen MR) is 117 cm³/mol. The van der Waals surface area contributed by atoms with Gasteiger partial charge in [-0.25, -0.2) is 8.42 Å². The highest BCUT2D eigenvalue weighted by Gasteiger charge is 2.30. The van der Waals surface area contributed by atoms with Crippen molar-refractivity contribution in [1.29, 1.82) is 0 Å². The summed E-state index contributed by atoms with van der Waals surface area (Å²) in [4.78, 5) is 1.84. The van der Waals surface area contributed by atoms with Crippen LogP contribution in [-0.2, 0) is 27.2 Å². The number of hydrogen-bond acceptors (Lipinski definition) is 2. The van der Waals surface area contributed by atoms with Crippen LogP contribution in [0.2, 0.25) is 0 Å². The molecule has 2 aromatic carbocycles. The lowest BCUT2D eigenvalue weighted by Gasteiger charge is -2.23. The first-order valence-electron chi connectivity index (χ1n) is 10.5. The lowest BCUT2D eigenvalue weighted by Crippen LogP contribution is -2.19. The number of benzene rings is 2. The fourth-order valence-corrected chi connectivity index (χ4v) is 8.38. The van der Waals surface area contributed by atoms with E-state index in [-0.39, 0.29) is 10.9 Å². The van der Waals surface area contributed by atoms with Gasteiger partial charge in [-0.15, -0.1) is 0 Å². The highest BCUT2D eigenvalue weighted by Crippen LogP contribution is 2.37. The number of hydrogen-bond donors (Lipinski definition) is 0. The van der Waals surface area contributed by atoms with Crippen LogP contribution in [-0.4, -0.2) is 26.2 Å². The zero-order chi connectivity index (χ0) is 18.9. The van der Waals surface area contributed by atoms with Crippen molar-refractivity contribution in [3.05, 3.63) is 35.9 Å². The molecular weight excluding hydrogens is 372 g/mol. The summed E-state index contributed by atoms with van der Waals surface area (Å²) in [6, 6.07) is 10.5. The molecule has 2 aromatic rings. The van der Waals surface area contributed by atoms with E-state index in [2.05, 4.69) is 18.2 Å².